The summed E-state index contributed by atoms with van der Waals surface area (Å²) in [6, 6.07) is 13.7. The molecule has 0 radical (unpaired) electrons. The van der Waals surface area contributed by atoms with Gasteiger partial charge < -0.3 is 14.8 Å². The van der Waals surface area contributed by atoms with Crippen molar-refractivity contribution in [3.05, 3.63) is 42.5 Å². The van der Waals surface area contributed by atoms with Crippen LogP contribution in [0.2, 0.25) is 0 Å². The van der Waals surface area contributed by atoms with Crippen LogP contribution in [0, 0.1) is 0 Å². The highest BCUT2D eigenvalue weighted by atomic mass is 16.5. The molecule has 1 aliphatic carbocycles. The molecule has 0 heterocycles. The molecule has 1 saturated carbocycles. The van der Waals surface area contributed by atoms with Crippen LogP contribution in [0.4, 0.5) is 0 Å². The van der Waals surface area contributed by atoms with Gasteiger partial charge in [-0.05, 0) is 42.7 Å². The highest BCUT2D eigenvalue weighted by Crippen LogP contribution is 2.29. The van der Waals surface area contributed by atoms with Crippen LogP contribution >= 0.6 is 0 Å². The zero-order valence-corrected chi connectivity index (χ0v) is 15.1. The van der Waals surface area contributed by atoms with Crippen molar-refractivity contribution in [2.45, 2.75) is 44.6 Å². The van der Waals surface area contributed by atoms with Crippen LogP contribution in [-0.2, 0) is 14.3 Å². The van der Waals surface area contributed by atoms with Crippen molar-refractivity contribution in [3.8, 4) is 5.75 Å². The average molecular weight is 355 g/mol. The number of esters is 1. The Morgan fingerprint density at radius 1 is 1.04 bits per heavy atom. The molecule has 2 aromatic rings. The van der Waals surface area contributed by atoms with Crippen LogP contribution < -0.4 is 10.1 Å². The molecule has 0 saturated heterocycles. The molecule has 2 aromatic carbocycles. The Balaban J connectivity index is 1.63. The van der Waals surface area contributed by atoms with E-state index in [4.69, 9.17) is 9.47 Å². The predicted molar refractivity (Wildman–Crippen MR) is 100 cm³/mol. The Morgan fingerprint density at radius 2 is 1.77 bits per heavy atom. The smallest absolute Gasteiger partial charge is 0.331 e. The first-order chi connectivity index (χ1) is 12.6. The number of amides is 1. The van der Waals surface area contributed by atoms with Crippen molar-refractivity contribution < 1.29 is 19.1 Å². The van der Waals surface area contributed by atoms with E-state index in [-0.39, 0.29) is 18.5 Å². The van der Waals surface area contributed by atoms with Crippen LogP contribution in [0.5, 0.6) is 5.75 Å². The monoisotopic (exact) mass is 355 g/mol. The van der Waals surface area contributed by atoms with E-state index < -0.39 is 5.54 Å². The Morgan fingerprint density at radius 3 is 2.50 bits per heavy atom. The normalized spacial score (nSPS) is 16.0. The molecule has 1 N–H and O–H groups in total. The van der Waals surface area contributed by atoms with Gasteiger partial charge in [-0.1, -0.05) is 49.6 Å². The number of hydrogen-bond donors (Lipinski definition) is 1. The molecule has 0 spiro atoms. The van der Waals surface area contributed by atoms with Gasteiger partial charge in [0.2, 0.25) is 0 Å². The Kier molecular flexibility index (Phi) is 5.76. The van der Waals surface area contributed by atoms with E-state index in [9.17, 15) is 9.59 Å². The van der Waals surface area contributed by atoms with E-state index in [2.05, 4.69) is 5.32 Å². The van der Waals surface area contributed by atoms with Crippen LogP contribution in [0.1, 0.15) is 39.0 Å². The molecule has 138 valence electrons. The molecule has 26 heavy (non-hydrogen) atoms. The van der Waals surface area contributed by atoms with Gasteiger partial charge in [-0.25, -0.2) is 4.79 Å². The van der Waals surface area contributed by atoms with Crippen molar-refractivity contribution in [1.29, 1.82) is 0 Å². The Hall–Kier alpha value is -2.56. The quantitative estimate of drug-likeness (QED) is 0.804. The lowest BCUT2D eigenvalue weighted by atomic mass is 9.81. The summed E-state index contributed by atoms with van der Waals surface area (Å²) >= 11 is 0. The molecular formula is C21H25NO4. The summed E-state index contributed by atoms with van der Waals surface area (Å²) in [5, 5.41) is 5.06. The van der Waals surface area contributed by atoms with Gasteiger partial charge in [0.25, 0.3) is 5.91 Å². The zero-order valence-electron chi connectivity index (χ0n) is 15.1. The molecule has 0 aromatic heterocycles. The van der Waals surface area contributed by atoms with E-state index in [0.717, 1.165) is 30.0 Å². The molecule has 0 aliphatic heterocycles. The first-order valence-electron chi connectivity index (χ1n) is 9.23. The first-order valence-corrected chi connectivity index (χ1v) is 9.23. The topological polar surface area (TPSA) is 64.6 Å². The third kappa shape index (κ3) is 4.15. The van der Waals surface area contributed by atoms with Crippen molar-refractivity contribution in [2.75, 3.05) is 13.2 Å². The van der Waals surface area contributed by atoms with Crippen molar-refractivity contribution in [3.63, 3.8) is 0 Å². The van der Waals surface area contributed by atoms with Gasteiger partial charge in [-0.2, -0.15) is 0 Å². The molecule has 5 heteroatoms. The molecule has 1 aliphatic rings. The lowest BCUT2D eigenvalue weighted by Crippen LogP contribution is -2.57. The van der Waals surface area contributed by atoms with Gasteiger partial charge in [0.1, 0.15) is 11.3 Å². The molecule has 3 rings (SSSR count). The second-order valence-corrected chi connectivity index (χ2v) is 6.71. The summed E-state index contributed by atoms with van der Waals surface area (Å²) in [6.45, 7) is 1.96. The fourth-order valence-corrected chi connectivity index (χ4v) is 3.51. The number of benzene rings is 2. The second-order valence-electron chi connectivity index (χ2n) is 6.71. The van der Waals surface area contributed by atoms with Gasteiger partial charge in [0, 0.05) is 0 Å². The van der Waals surface area contributed by atoms with Crippen molar-refractivity contribution in [2.24, 2.45) is 0 Å². The van der Waals surface area contributed by atoms with Crippen LogP contribution in [-0.4, -0.2) is 30.6 Å². The minimum Gasteiger partial charge on any atom is -0.484 e. The summed E-state index contributed by atoms with van der Waals surface area (Å²) in [6.07, 6.45) is 4.13. The number of fused-ring (bicyclic) bond motifs is 1. The Bertz CT molecular complexity index is 780. The number of carbonyl (C=O) groups is 2. The van der Waals surface area contributed by atoms with E-state index in [0.29, 0.717) is 25.2 Å². The molecule has 5 nitrogen and oxygen atoms in total. The fraction of sp³-hybridized carbons (Fsp3) is 0.429. The van der Waals surface area contributed by atoms with Gasteiger partial charge in [0.05, 0.1) is 6.61 Å². The standard InChI is InChI=1S/C21H25NO4/c1-2-25-20(24)21(12-6-3-7-13-21)22-19(23)15-26-18-11-10-16-8-4-5-9-17(16)14-18/h4-5,8-11,14H,2-3,6-7,12-13,15H2,1H3,(H,22,23). The molecule has 0 bridgehead atoms. The van der Waals surface area contributed by atoms with Crippen LogP contribution in [0.25, 0.3) is 10.8 Å². The molecule has 0 unspecified atom stereocenters. The van der Waals surface area contributed by atoms with Gasteiger partial charge in [0.15, 0.2) is 6.61 Å². The Labute approximate surface area is 153 Å². The lowest BCUT2D eigenvalue weighted by molar-refractivity contribution is -0.155. The number of nitrogens with one attached hydrogen (secondary N) is 1. The van der Waals surface area contributed by atoms with Gasteiger partial charge >= 0.3 is 5.97 Å². The minimum absolute atomic E-state index is 0.126. The van der Waals surface area contributed by atoms with E-state index in [1.54, 1.807) is 6.92 Å². The number of rotatable bonds is 6. The van der Waals surface area contributed by atoms with E-state index in [1.807, 2.05) is 42.5 Å². The maximum atomic E-state index is 12.4. The highest BCUT2D eigenvalue weighted by Gasteiger charge is 2.42. The lowest BCUT2D eigenvalue weighted by Gasteiger charge is -2.35. The molecule has 0 atom stereocenters. The molecular weight excluding hydrogens is 330 g/mol. The SMILES string of the molecule is CCOC(=O)C1(NC(=O)COc2ccc3ccccc3c2)CCCCC1. The third-order valence-corrected chi connectivity index (χ3v) is 4.84. The fourth-order valence-electron chi connectivity index (χ4n) is 3.51. The minimum atomic E-state index is -0.905. The van der Waals surface area contributed by atoms with Crippen molar-refractivity contribution in [1.82, 2.24) is 5.32 Å². The molecule has 1 fully saturated rings. The number of carbonyl (C=O) groups excluding carboxylic acids is 2. The summed E-state index contributed by atoms with van der Waals surface area (Å²) in [5.41, 5.74) is -0.905. The van der Waals surface area contributed by atoms with Gasteiger partial charge in [-0.3, -0.25) is 4.79 Å². The summed E-state index contributed by atoms with van der Waals surface area (Å²) < 4.78 is 10.8. The predicted octanol–water partition coefficient (Wildman–Crippen LogP) is 3.60. The van der Waals surface area contributed by atoms with Gasteiger partial charge in [-0.15, -0.1) is 0 Å². The van der Waals surface area contributed by atoms with Crippen LogP contribution in [0.15, 0.2) is 42.5 Å². The largest absolute Gasteiger partial charge is 0.484 e. The summed E-state index contributed by atoms with van der Waals surface area (Å²) in [4.78, 5) is 24.8. The summed E-state index contributed by atoms with van der Waals surface area (Å²) in [5.74, 6) is -0.000421. The first kappa shape index (κ1) is 18.2. The van der Waals surface area contributed by atoms with E-state index >= 15 is 0 Å². The van der Waals surface area contributed by atoms with Crippen LogP contribution in [0.3, 0.4) is 0 Å². The maximum Gasteiger partial charge on any atom is 0.331 e. The zero-order chi connectivity index (χ0) is 18.4. The van der Waals surface area contributed by atoms with Crippen molar-refractivity contribution >= 4 is 22.6 Å². The second kappa shape index (κ2) is 8.21. The summed E-state index contributed by atoms with van der Waals surface area (Å²) in [7, 11) is 0. The number of ether oxygens (including phenoxy) is 2. The highest BCUT2D eigenvalue weighted by molar-refractivity contribution is 5.89. The third-order valence-electron chi connectivity index (χ3n) is 4.84. The number of hydrogen-bond acceptors (Lipinski definition) is 4. The maximum absolute atomic E-state index is 12.4. The molecule has 1 amide bonds. The average Bonchev–Trinajstić information content (AvgIpc) is 2.67. The van der Waals surface area contributed by atoms with E-state index in [1.165, 1.54) is 0 Å².